The van der Waals surface area contributed by atoms with E-state index in [1.54, 1.807) is 24.3 Å². The predicted molar refractivity (Wildman–Crippen MR) is 75.3 cm³/mol. The Morgan fingerprint density at radius 3 is 2.57 bits per heavy atom. The van der Waals surface area contributed by atoms with Crippen LogP contribution in [0.1, 0.15) is 10.6 Å². The Bertz CT molecular complexity index is 693. The number of hydrogen-bond donors (Lipinski definition) is 1. The van der Waals surface area contributed by atoms with Crippen LogP contribution in [0.15, 0.2) is 24.3 Å². The van der Waals surface area contributed by atoms with Gasteiger partial charge < -0.3 is 0 Å². The molecule has 0 saturated carbocycles. The minimum absolute atomic E-state index is 0.0128. The molecule has 2 rings (SSSR count). The molecule has 1 aromatic carbocycles. The van der Waals surface area contributed by atoms with E-state index in [1.165, 1.54) is 18.1 Å². The number of anilines is 2. The summed E-state index contributed by atoms with van der Waals surface area (Å²) in [5.74, 6) is 0. The van der Waals surface area contributed by atoms with Crippen LogP contribution in [0.2, 0.25) is 5.02 Å². The Kier molecular flexibility index (Phi) is 4.25. The molecule has 0 aliphatic rings. The lowest BCUT2D eigenvalue weighted by atomic mass is 10.3. The summed E-state index contributed by atoms with van der Waals surface area (Å²) in [7, 11) is 1.49. The van der Waals surface area contributed by atoms with Crippen LogP contribution in [0.4, 0.5) is 24.0 Å². The molecular weight excluding hydrogens is 325 g/mol. The molecule has 1 heterocycles. The van der Waals surface area contributed by atoms with Gasteiger partial charge in [0.25, 0.3) is 0 Å². The van der Waals surface area contributed by atoms with E-state index < -0.39 is 16.7 Å². The highest BCUT2D eigenvalue weighted by Gasteiger charge is 2.38. The van der Waals surface area contributed by atoms with Crippen LogP contribution in [0.3, 0.4) is 0 Å². The third kappa shape index (κ3) is 3.37. The van der Waals surface area contributed by atoms with Crippen molar-refractivity contribution in [3.8, 4) is 6.07 Å². The van der Waals surface area contributed by atoms with Crippen molar-refractivity contribution in [3.63, 3.8) is 0 Å². The van der Waals surface area contributed by atoms with Crippen molar-refractivity contribution in [2.75, 3.05) is 17.5 Å². The molecule has 0 spiro atoms. The molecule has 0 unspecified atom stereocenters. The number of benzene rings is 1. The lowest BCUT2D eigenvalue weighted by Crippen LogP contribution is -2.24. The molecular formula is C12H8ClF3N4S. The Hall–Kier alpha value is -1.98. The highest BCUT2D eigenvalue weighted by Crippen LogP contribution is 2.36. The molecule has 0 fully saturated rings. The van der Waals surface area contributed by atoms with Gasteiger partial charge in [-0.05, 0) is 12.1 Å². The number of nitriles is 1. The smallest absolute Gasteiger partial charge is 0.295 e. The fraction of sp³-hybridized carbons (Fsp3) is 0.167. The van der Waals surface area contributed by atoms with Gasteiger partial charge in [0.1, 0.15) is 10.9 Å². The summed E-state index contributed by atoms with van der Waals surface area (Å²) < 4.78 is 38.2. The highest BCUT2D eigenvalue weighted by molar-refractivity contribution is 7.16. The van der Waals surface area contributed by atoms with E-state index in [1.807, 2.05) is 0 Å². The lowest BCUT2D eigenvalue weighted by Gasteiger charge is -2.19. The van der Waals surface area contributed by atoms with Crippen molar-refractivity contribution in [2.45, 2.75) is 6.18 Å². The average Bonchev–Trinajstić information content (AvgIpc) is 2.85. The maximum atomic E-state index is 12.7. The van der Waals surface area contributed by atoms with Gasteiger partial charge in [0.05, 0.1) is 10.7 Å². The molecule has 4 nitrogen and oxygen atoms in total. The molecule has 0 saturated heterocycles. The van der Waals surface area contributed by atoms with E-state index in [0.717, 1.165) is 0 Å². The van der Waals surface area contributed by atoms with E-state index in [4.69, 9.17) is 16.9 Å². The quantitative estimate of drug-likeness (QED) is 0.858. The summed E-state index contributed by atoms with van der Waals surface area (Å²) >= 11 is 6.60. The topological polar surface area (TPSA) is 52.0 Å². The summed E-state index contributed by atoms with van der Waals surface area (Å²) in [5, 5.41) is 10.5. The van der Waals surface area contributed by atoms with Crippen molar-refractivity contribution in [2.24, 2.45) is 0 Å². The first-order valence-corrected chi connectivity index (χ1v) is 6.75. The summed E-state index contributed by atoms with van der Waals surface area (Å²) in [5.41, 5.74) is 2.15. The number of hydrazine groups is 1. The van der Waals surface area contributed by atoms with Crippen LogP contribution in [0.5, 0.6) is 0 Å². The molecule has 0 bridgehead atoms. The number of hydrogen-bond acceptors (Lipinski definition) is 5. The van der Waals surface area contributed by atoms with E-state index in [2.05, 4.69) is 10.4 Å². The summed E-state index contributed by atoms with van der Waals surface area (Å²) in [4.78, 5) is 2.99. The number of halogens is 4. The van der Waals surface area contributed by atoms with E-state index in [9.17, 15) is 13.2 Å². The van der Waals surface area contributed by atoms with Crippen molar-refractivity contribution in [1.29, 1.82) is 5.26 Å². The van der Waals surface area contributed by atoms with Gasteiger partial charge in [-0.1, -0.05) is 35.1 Å². The molecule has 1 aromatic heterocycles. The molecule has 0 atom stereocenters. The highest BCUT2D eigenvalue weighted by atomic mass is 35.5. The minimum atomic E-state index is -4.66. The number of alkyl halides is 3. The summed E-state index contributed by atoms with van der Waals surface area (Å²) in [6.07, 6.45) is -4.66. The van der Waals surface area contributed by atoms with Gasteiger partial charge in [-0.3, -0.25) is 10.4 Å². The van der Waals surface area contributed by atoms with Gasteiger partial charge in [-0.25, -0.2) is 4.98 Å². The van der Waals surface area contributed by atoms with E-state index in [-0.39, 0.29) is 5.13 Å². The van der Waals surface area contributed by atoms with Crippen LogP contribution in [-0.2, 0) is 6.18 Å². The first-order chi connectivity index (χ1) is 9.82. The van der Waals surface area contributed by atoms with Crippen molar-refractivity contribution in [1.82, 2.24) is 4.98 Å². The van der Waals surface area contributed by atoms with Crippen LogP contribution in [0, 0.1) is 11.3 Å². The number of nitrogens with one attached hydrogen (secondary N) is 1. The number of aromatic nitrogens is 1. The molecule has 0 radical (unpaired) electrons. The molecule has 2 aromatic rings. The lowest BCUT2D eigenvalue weighted by molar-refractivity contribution is -0.140. The Morgan fingerprint density at radius 1 is 1.38 bits per heavy atom. The second kappa shape index (κ2) is 5.79. The van der Waals surface area contributed by atoms with Crippen LogP contribution >= 0.6 is 22.9 Å². The number of rotatable bonds is 3. The first-order valence-electron chi connectivity index (χ1n) is 5.56. The maximum Gasteiger partial charge on any atom is 0.435 e. The predicted octanol–water partition coefficient (Wildman–Crippen LogP) is 4.15. The van der Waals surface area contributed by atoms with Gasteiger partial charge in [-0.15, -0.1) is 0 Å². The molecule has 0 aliphatic heterocycles. The third-order valence-electron chi connectivity index (χ3n) is 2.43. The third-order valence-corrected chi connectivity index (χ3v) is 3.80. The average molecular weight is 333 g/mol. The fourth-order valence-electron chi connectivity index (χ4n) is 1.50. The molecule has 110 valence electrons. The van der Waals surface area contributed by atoms with Gasteiger partial charge in [-0.2, -0.15) is 18.4 Å². The monoisotopic (exact) mass is 332 g/mol. The Balaban J connectivity index is 2.29. The van der Waals surface area contributed by atoms with Crippen LogP contribution in [-0.4, -0.2) is 12.0 Å². The van der Waals surface area contributed by atoms with Gasteiger partial charge in [0.2, 0.25) is 5.13 Å². The SMILES string of the molecule is CN(Nc1ccccc1Cl)c1nc(C(F)(F)F)c(C#N)s1. The first kappa shape index (κ1) is 15.4. The zero-order valence-corrected chi connectivity index (χ0v) is 12.1. The van der Waals surface area contributed by atoms with Crippen LogP contribution < -0.4 is 10.4 Å². The Labute approximate surface area is 127 Å². The zero-order valence-electron chi connectivity index (χ0n) is 10.6. The zero-order chi connectivity index (χ0) is 15.6. The molecule has 21 heavy (non-hydrogen) atoms. The number of nitrogens with zero attached hydrogens (tertiary/aromatic N) is 3. The standard InChI is InChI=1S/C12H8ClF3N4S/c1-20(19-8-5-3-2-4-7(8)13)11-18-10(12(14,15)16)9(6-17)21-11/h2-5,19H,1H3. The van der Waals surface area contributed by atoms with Gasteiger partial charge in [0, 0.05) is 7.05 Å². The molecule has 0 aliphatic carbocycles. The fourth-order valence-corrected chi connectivity index (χ4v) is 2.48. The second-order valence-corrected chi connectivity index (χ2v) is 5.32. The van der Waals surface area contributed by atoms with Crippen molar-refractivity contribution in [3.05, 3.63) is 39.9 Å². The molecule has 0 amide bonds. The maximum absolute atomic E-state index is 12.7. The summed E-state index contributed by atoms with van der Waals surface area (Å²) in [6, 6.07) is 8.27. The van der Waals surface area contributed by atoms with Crippen molar-refractivity contribution < 1.29 is 13.2 Å². The van der Waals surface area contributed by atoms with E-state index in [0.29, 0.717) is 22.0 Å². The molecule has 9 heteroatoms. The number of para-hydroxylation sites is 1. The van der Waals surface area contributed by atoms with Gasteiger partial charge in [0.15, 0.2) is 5.69 Å². The number of thiazole rings is 1. The largest absolute Gasteiger partial charge is 0.435 e. The van der Waals surface area contributed by atoms with Gasteiger partial charge >= 0.3 is 6.18 Å². The summed E-state index contributed by atoms with van der Waals surface area (Å²) in [6.45, 7) is 0. The second-order valence-electron chi connectivity index (χ2n) is 3.93. The normalized spacial score (nSPS) is 11.0. The van der Waals surface area contributed by atoms with Crippen LogP contribution in [0.25, 0.3) is 0 Å². The molecule has 1 N–H and O–H groups in total. The van der Waals surface area contributed by atoms with Crippen molar-refractivity contribution >= 4 is 33.8 Å². The minimum Gasteiger partial charge on any atom is -0.295 e. The van der Waals surface area contributed by atoms with E-state index >= 15 is 0 Å². The Morgan fingerprint density at radius 2 is 2.05 bits per heavy atom.